The maximum Gasteiger partial charge on any atom is 0.410 e. The summed E-state index contributed by atoms with van der Waals surface area (Å²) < 4.78 is 26.5. The van der Waals surface area contributed by atoms with Crippen LogP contribution in [0.15, 0.2) is 36.4 Å². The average molecular weight is 605 g/mol. The molecule has 2 fully saturated rings. The Morgan fingerprint density at radius 1 is 0.977 bits per heavy atom. The first-order chi connectivity index (χ1) is 21.2. The molecule has 3 aromatic rings. The van der Waals surface area contributed by atoms with Crippen molar-refractivity contribution in [2.45, 2.75) is 89.9 Å². The van der Waals surface area contributed by atoms with E-state index in [-0.39, 0.29) is 12.2 Å². The molecule has 1 aromatic heterocycles. The van der Waals surface area contributed by atoms with Gasteiger partial charge < -0.3 is 33.5 Å². The summed E-state index contributed by atoms with van der Waals surface area (Å²) in [6.45, 7) is 8.77. The van der Waals surface area contributed by atoms with Crippen LogP contribution in [0.1, 0.15) is 87.6 Å². The van der Waals surface area contributed by atoms with Crippen molar-refractivity contribution in [2.75, 3.05) is 32.9 Å². The minimum atomic E-state index is -0.918. The Hall–Kier alpha value is -3.72. The molecule has 3 aliphatic rings. The van der Waals surface area contributed by atoms with Crippen LogP contribution in [0.2, 0.25) is 0 Å². The van der Waals surface area contributed by atoms with Gasteiger partial charge >= 0.3 is 12.1 Å². The lowest BCUT2D eigenvalue weighted by Crippen LogP contribution is -2.43. The highest BCUT2D eigenvalue weighted by molar-refractivity contribution is 5.99. The zero-order valence-electron chi connectivity index (χ0n) is 26.1. The number of carbonyl (C=O) groups is 2. The number of rotatable bonds is 7. The van der Waals surface area contributed by atoms with Gasteiger partial charge in [0.15, 0.2) is 11.5 Å². The van der Waals surface area contributed by atoms with Gasteiger partial charge in [0, 0.05) is 29.6 Å². The van der Waals surface area contributed by atoms with Crippen molar-refractivity contribution in [3.05, 3.63) is 47.5 Å². The summed E-state index contributed by atoms with van der Waals surface area (Å²) in [5.74, 6) is 0.919. The Kier molecular flexibility index (Phi) is 8.76. The largest absolute Gasteiger partial charge is 0.487 e. The molecule has 2 aliphatic heterocycles. The molecule has 6 rings (SSSR count). The predicted octanol–water partition coefficient (Wildman–Crippen LogP) is 7.24. The summed E-state index contributed by atoms with van der Waals surface area (Å²) in [7, 11) is 0. The molecule has 3 heterocycles. The third-order valence-corrected chi connectivity index (χ3v) is 8.95. The number of para-hydroxylation sites is 1. The summed E-state index contributed by atoms with van der Waals surface area (Å²) >= 11 is 0. The van der Waals surface area contributed by atoms with E-state index in [2.05, 4.69) is 10.6 Å². The van der Waals surface area contributed by atoms with E-state index in [9.17, 15) is 14.7 Å². The molecule has 2 aromatic carbocycles. The molecule has 44 heavy (non-hydrogen) atoms. The number of aromatic carboxylic acids is 1. The minimum Gasteiger partial charge on any atom is -0.487 e. The van der Waals surface area contributed by atoms with Crippen LogP contribution < -0.4 is 9.47 Å². The SMILES string of the molecule is CC(C)(C)OC(=O)N1CCC(OCCOc2cccc3c2OCCn2c-3c(C3CCCCC3)c3ccc(C(=O)O)cc32)CC1. The Labute approximate surface area is 259 Å². The number of carboxylic acid groups (broad SMARTS) is 1. The van der Waals surface area contributed by atoms with E-state index in [0.29, 0.717) is 56.7 Å². The van der Waals surface area contributed by atoms with Crippen molar-refractivity contribution >= 4 is 23.0 Å². The molecule has 0 unspecified atom stereocenters. The highest BCUT2D eigenvalue weighted by Gasteiger charge is 2.31. The zero-order valence-corrected chi connectivity index (χ0v) is 26.1. The van der Waals surface area contributed by atoms with Crippen molar-refractivity contribution < 1.29 is 33.6 Å². The van der Waals surface area contributed by atoms with Crippen molar-refractivity contribution in [1.29, 1.82) is 0 Å². The average Bonchev–Trinajstić information content (AvgIpc) is 3.20. The van der Waals surface area contributed by atoms with Gasteiger partial charge in [-0.1, -0.05) is 31.4 Å². The van der Waals surface area contributed by atoms with Crippen LogP contribution in [0.4, 0.5) is 4.79 Å². The zero-order chi connectivity index (χ0) is 30.8. The summed E-state index contributed by atoms with van der Waals surface area (Å²) in [6.07, 6.45) is 7.27. The van der Waals surface area contributed by atoms with Gasteiger partial charge in [0.25, 0.3) is 0 Å². The molecule has 1 amide bonds. The van der Waals surface area contributed by atoms with Crippen molar-refractivity contribution in [3.8, 4) is 22.8 Å². The van der Waals surface area contributed by atoms with E-state index in [4.69, 9.17) is 18.9 Å². The normalized spacial score (nSPS) is 17.8. The van der Waals surface area contributed by atoms with Gasteiger partial charge in [0.1, 0.15) is 18.8 Å². The number of hydrogen-bond acceptors (Lipinski definition) is 6. The number of ether oxygens (including phenoxy) is 4. The molecule has 1 saturated heterocycles. The van der Waals surface area contributed by atoms with E-state index in [1.54, 1.807) is 11.0 Å². The van der Waals surface area contributed by atoms with Gasteiger partial charge in [-0.15, -0.1) is 0 Å². The number of hydrogen-bond donors (Lipinski definition) is 1. The summed E-state index contributed by atoms with van der Waals surface area (Å²) in [5.41, 5.74) is 4.17. The number of amides is 1. The molecule has 0 radical (unpaired) electrons. The second-order valence-corrected chi connectivity index (χ2v) is 13.2. The fourth-order valence-electron chi connectivity index (χ4n) is 6.94. The van der Waals surface area contributed by atoms with E-state index in [0.717, 1.165) is 53.6 Å². The molecular formula is C35H44N2O7. The van der Waals surface area contributed by atoms with Crippen LogP contribution in [-0.2, 0) is 16.0 Å². The van der Waals surface area contributed by atoms with Crippen molar-refractivity contribution in [2.24, 2.45) is 0 Å². The molecule has 0 atom stereocenters. The van der Waals surface area contributed by atoms with Gasteiger partial charge in [0.2, 0.25) is 0 Å². The Morgan fingerprint density at radius 2 is 1.75 bits per heavy atom. The summed E-state index contributed by atoms with van der Waals surface area (Å²) in [6, 6.07) is 11.6. The molecule has 0 spiro atoms. The van der Waals surface area contributed by atoms with Crippen molar-refractivity contribution in [3.63, 3.8) is 0 Å². The fourth-order valence-corrected chi connectivity index (χ4v) is 6.94. The number of carboxylic acids is 1. The number of fused-ring (bicyclic) bond motifs is 5. The van der Waals surface area contributed by atoms with Gasteiger partial charge in [0.05, 0.1) is 30.5 Å². The second kappa shape index (κ2) is 12.7. The molecule has 0 bridgehead atoms. The number of piperidine rings is 1. The number of likely N-dealkylation sites (tertiary alicyclic amines) is 1. The van der Waals surface area contributed by atoms with Gasteiger partial charge in [-0.05, 0) is 82.2 Å². The van der Waals surface area contributed by atoms with E-state index < -0.39 is 11.6 Å². The highest BCUT2D eigenvalue weighted by atomic mass is 16.6. The smallest absolute Gasteiger partial charge is 0.410 e. The van der Waals surface area contributed by atoms with Crippen LogP contribution in [0.3, 0.4) is 0 Å². The predicted molar refractivity (Wildman–Crippen MR) is 168 cm³/mol. The van der Waals surface area contributed by atoms with Gasteiger partial charge in [-0.25, -0.2) is 9.59 Å². The van der Waals surface area contributed by atoms with Crippen molar-refractivity contribution in [1.82, 2.24) is 9.47 Å². The Balaban J connectivity index is 1.18. The van der Waals surface area contributed by atoms with Gasteiger partial charge in [-0.2, -0.15) is 0 Å². The summed E-state index contributed by atoms with van der Waals surface area (Å²) in [4.78, 5) is 26.0. The molecular weight excluding hydrogens is 560 g/mol. The van der Waals surface area contributed by atoms with Gasteiger partial charge in [-0.3, -0.25) is 0 Å². The quantitative estimate of drug-likeness (QED) is 0.284. The highest BCUT2D eigenvalue weighted by Crippen LogP contribution is 2.49. The number of carbonyl (C=O) groups excluding carboxylic acids is 1. The Bertz CT molecular complexity index is 1510. The van der Waals surface area contributed by atoms with Crippen LogP contribution in [-0.4, -0.2) is 71.3 Å². The molecule has 236 valence electrons. The topological polar surface area (TPSA) is 99.5 Å². The van der Waals surface area contributed by atoms with Crippen LogP contribution in [0.25, 0.3) is 22.2 Å². The maximum atomic E-state index is 12.4. The second-order valence-electron chi connectivity index (χ2n) is 13.2. The third-order valence-electron chi connectivity index (χ3n) is 8.95. The van der Waals surface area contributed by atoms with E-state index >= 15 is 0 Å². The monoisotopic (exact) mass is 604 g/mol. The first-order valence-electron chi connectivity index (χ1n) is 16.1. The first-order valence-corrected chi connectivity index (χ1v) is 16.1. The molecule has 1 N–H and O–H groups in total. The lowest BCUT2D eigenvalue weighted by molar-refractivity contribution is -0.0178. The van der Waals surface area contributed by atoms with Crippen LogP contribution in [0, 0.1) is 0 Å². The number of aromatic nitrogens is 1. The molecule has 9 nitrogen and oxygen atoms in total. The maximum absolute atomic E-state index is 12.4. The minimum absolute atomic E-state index is 0.0749. The molecule has 1 aliphatic carbocycles. The van der Waals surface area contributed by atoms with E-state index in [1.165, 1.54) is 24.8 Å². The lowest BCUT2D eigenvalue weighted by atomic mass is 9.81. The number of benzene rings is 2. The standard InChI is InChI=1S/C35H44N2O7/c1-35(2,3)44-34(40)36-16-14-25(15-17-36)41-20-21-42-29-11-7-10-27-31-30(23-8-5-4-6-9-23)26-13-12-24(33(38)39)22-28(26)37(31)18-19-43-32(27)29/h7,10-13,22-23,25H,4-6,8-9,14-21H2,1-3H3,(H,38,39). The lowest BCUT2D eigenvalue weighted by Gasteiger charge is -2.33. The van der Waals surface area contributed by atoms with E-state index in [1.807, 2.05) is 45.0 Å². The fraction of sp³-hybridized carbons (Fsp3) is 0.543. The van der Waals surface area contributed by atoms with Crippen LogP contribution >= 0.6 is 0 Å². The first kappa shape index (κ1) is 30.3. The third kappa shape index (κ3) is 6.39. The molecule has 1 saturated carbocycles. The molecule has 9 heteroatoms. The number of nitrogens with zero attached hydrogens (tertiary/aromatic N) is 2. The summed E-state index contributed by atoms with van der Waals surface area (Å²) in [5, 5.41) is 10.9. The van der Waals surface area contributed by atoms with Crippen LogP contribution in [0.5, 0.6) is 11.5 Å². The Morgan fingerprint density at radius 3 is 2.48 bits per heavy atom.